The van der Waals surface area contributed by atoms with E-state index < -0.39 is 52.9 Å². The Kier molecular flexibility index (Phi) is 16.4. The molecule has 3 unspecified atom stereocenters. The van der Waals surface area contributed by atoms with Gasteiger partial charge in [-0.05, 0) is 63.2 Å². The molecule has 400 valence electrons. The van der Waals surface area contributed by atoms with E-state index in [1.807, 2.05) is 127 Å². The average Bonchev–Trinajstić information content (AvgIpc) is 4.03. The number of thioether (sulfide) groups is 2. The Morgan fingerprint density at radius 1 is 0.787 bits per heavy atom. The summed E-state index contributed by atoms with van der Waals surface area (Å²) in [6, 6.07) is 58.7. The number of fused-ring (bicyclic) bond motifs is 2. The van der Waals surface area contributed by atoms with Gasteiger partial charge >= 0.3 is 11.9 Å². The molecule has 3 atom stereocenters. The van der Waals surface area contributed by atoms with Crippen molar-refractivity contribution in [2.24, 2.45) is 5.16 Å². The highest BCUT2D eigenvalue weighted by Crippen LogP contribution is 2.44. The number of pyridine rings is 1. The van der Waals surface area contributed by atoms with Crippen LogP contribution in [0.25, 0.3) is 10.3 Å². The third kappa shape index (κ3) is 11.6. The van der Waals surface area contributed by atoms with Gasteiger partial charge in [0.1, 0.15) is 46.9 Å². The molecule has 3 aromatic heterocycles. The standard InChI is InChI=1S/C61H49N7O8S4/c1-73-46-31-29-39(30-32-46)35-74-57(71)51-42(37-79-60-66-54-48(80-60)28-17-33-62-54)36-77-56-50(55(70)68(51)56)65-49(69)34-63-76-53(58(72)75-52(40-18-7-2-8-19-40)41-20-9-3-10-21-41)47-38-78-59(64-47)67-61(43-22-11-4-12-23-43,44-24-13-5-14-25-44)45-26-15-6-16-27-45/h2-34,38,50,52-53,56H,35-37H2,1H3,(H,64,67)(H,65,69)/b63-34-. The summed E-state index contributed by atoms with van der Waals surface area (Å²) >= 11 is 5.60. The molecule has 15 nitrogen and oxygen atoms in total. The Bertz CT molecular complexity index is 3520. The molecule has 2 aliphatic heterocycles. The van der Waals surface area contributed by atoms with Crippen LogP contribution in [-0.4, -0.2) is 79.9 Å². The van der Waals surface area contributed by atoms with Gasteiger partial charge in [0.2, 0.25) is 0 Å². The zero-order chi connectivity index (χ0) is 54.8. The van der Waals surface area contributed by atoms with Gasteiger partial charge in [-0.2, -0.15) is 0 Å². The molecule has 0 bridgehead atoms. The fraction of sp³-hybridized carbons (Fsp3) is 0.148. The highest BCUT2D eigenvalue weighted by atomic mass is 32.2. The predicted molar refractivity (Wildman–Crippen MR) is 311 cm³/mol. The number of amides is 2. The normalized spacial score (nSPS) is 15.5. The van der Waals surface area contributed by atoms with E-state index in [0.717, 1.165) is 37.5 Å². The number of oxime groups is 1. The van der Waals surface area contributed by atoms with Crippen LogP contribution in [0.2, 0.25) is 0 Å². The maximum atomic E-state index is 14.7. The molecule has 2 amide bonds. The van der Waals surface area contributed by atoms with E-state index in [0.29, 0.717) is 44.7 Å². The molecule has 2 aliphatic rings. The van der Waals surface area contributed by atoms with Crippen molar-refractivity contribution < 1.29 is 38.2 Å². The molecule has 19 heteroatoms. The van der Waals surface area contributed by atoms with Crippen LogP contribution in [0.3, 0.4) is 0 Å². The Morgan fingerprint density at radius 3 is 2.00 bits per heavy atom. The number of rotatable bonds is 21. The number of carbonyl (C=O) groups excluding carboxylic acids is 4. The first-order valence-electron chi connectivity index (χ1n) is 25.3. The van der Waals surface area contributed by atoms with Crippen LogP contribution in [0.5, 0.6) is 5.75 Å². The second-order valence-electron chi connectivity index (χ2n) is 18.3. The van der Waals surface area contributed by atoms with Crippen molar-refractivity contribution in [3.63, 3.8) is 0 Å². The fourth-order valence-corrected chi connectivity index (χ4v) is 13.7. The van der Waals surface area contributed by atoms with Crippen LogP contribution in [0.4, 0.5) is 5.13 Å². The summed E-state index contributed by atoms with van der Waals surface area (Å²) in [4.78, 5) is 78.1. The Labute approximate surface area is 477 Å². The number of nitrogens with one attached hydrogen (secondary N) is 2. The van der Waals surface area contributed by atoms with Gasteiger partial charge in [-0.25, -0.2) is 24.5 Å². The van der Waals surface area contributed by atoms with Crippen molar-refractivity contribution >= 4 is 91.6 Å². The first-order chi connectivity index (χ1) is 39.2. The Hall–Kier alpha value is -8.62. The van der Waals surface area contributed by atoms with E-state index in [1.165, 1.54) is 51.1 Å². The van der Waals surface area contributed by atoms with Crippen molar-refractivity contribution in [3.8, 4) is 5.75 Å². The molecule has 0 radical (unpaired) electrons. The predicted octanol–water partition coefficient (Wildman–Crippen LogP) is 11.1. The quantitative estimate of drug-likeness (QED) is 0.0173. The van der Waals surface area contributed by atoms with Gasteiger partial charge in [0.25, 0.3) is 17.9 Å². The number of esters is 2. The number of hydrogen-bond donors (Lipinski definition) is 2. The number of β-lactam (4-membered cyclic amide) rings is 1. The topological polar surface area (TPSA) is 184 Å². The van der Waals surface area contributed by atoms with Gasteiger partial charge in [0.15, 0.2) is 21.2 Å². The lowest BCUT2D eigenvalue weighted by Gasteiger charge is -2.49. The van der Waals surface area contributed by atoms with E-state index in [4.69, 9.17) is 24.0 Å². The summed E-state index contributed by atoms with van der Waals surface area (Å²) in [7, 11) is 1.57. The molecule has 6 aromatic carbocycles. The Balaban J connectivity index is 0.847. The van der Waals surface area contributed by atoms with Gasteiger partial charge in [-0.3, -0.25) is 14.5 Å². The fourth-order valence-electron chi connectivity index (χ4n) is 9.40. The number of benzene rings is 6. The number of ether oxygens (including phenoxy) is 3. The zero-order valence-corrected chi connectivity index (χ0v) is 46.0. The minimum absolute atomic E-state index is 0.0466. The molecule has 0 aliphatic carbocycles. The largest absolute Gasteiger partial charge is 0.497 e. The highest BCUT2D eigenvalue weighted by molar-refractivity contribution is 8.02. The van der Waals surface area contributed by atoms with Crippen LogP contribution in [0.1, 0.15) is 51.3 Å². The summed E-state index contributed by atoms with van der Waals surface area (Å²) in [5.74, 6) is -1.42. The number of thiazole rings is 2. The molecular weight excluding hydrogens is 1090 g/mol. The minimum Gasteiger partial charge on any atom is -0.497 e. The molecule has 0 saturated carbocycles. The lowest BCUT2D eigenvalue weighted by atomic mass is 9.77. The SMILES string of the molecule is COc1ccc(COC(=O)C2=C(CSc3nc4ncccc4s3)CSC3C(NC(=O)/C=N\OC(C(=O)OC(c4ccccc4)c4ccccc4)c4csc(NC(c5ccccc5)(c5ccccc5)c5ccccc5)n4)C(=O)N23)cc1. The molecule has 0 spiro atoms. The van der Waals surface area contributed by atoms with Crippen LogP contribution in [0, 0.1) is 0 Å². The lowest BCUT2D eigenvalue weighted by molar-refractivity contribution is -0.162. The second-order valence-corrected chi connectivity index (χ2v) is 22.5. The van der Waals surface area contributed by atoms with Crippen molar-refractivity contribution in [1.29, 1.82) is 0 Å². The van der Waals surface area contributed by atoms with Crippen molar-refractivity contribution in [2.75, 3.05) is 23.9 Å². The van der Waals surface area contributed by atoms with Gasteiger partial charge in [0, 0.05) is 23.1 Å². The summed E-state index contributed by atoms with van der Waals surface area (Å²) in [6.07, 6.45) is 0.137. The maximum absolute atomic E-state index is 14.7. The number of methoxy groups -OCH3 is 1. The van der Waals surface area contributed by atoms with E-state index in [-0.39, 0.29) is 18.0 Å². The van der Waals surface area contributed by atoms with Crippen molar-refractivity contribution in [3.05, 3.63) is 250 Å². The van der Waals surface area contributed by atoms with E-state index in [1.54, 1.807) is 43.0 Å². The van der Waals surface area contributed by atoms with E-state index >= 15 is 0 Å². The summed E-state index contributed by atoms with van der Waals surface area (Å²) in [5, 5.41) is 12.0. The molecular formula is C61H49N7O8S4. The summed E-state index contributed by atoms with van der Waals surface area (Å²) < 4.78 is 19.1. The summed E-state index contributed by atoms with van der Waals surface area (Å²) in [5.41, 5.74) is 5.66. The lowest BCUT2D eigenvalue weighted by Crippen LogP contribution is -2.70. The molecule has 80 heavy (non-hydrogen) atoms. The van der Waals surface area contributed by atoms with Crippen molar-refractivity contribution in [2.45, 2.75) is 40.1 Å². The minimum atomic E-state index is -1.57. The van der Waals surface area contributed by atoms with Crippen molar-refractivity contribution in [1.82, 2.24) is 25.2 Å². The molecule has 1 saturated heterocycles. The molecule has 11 rings (SSSR count). The van der Waals surface area contributed by atoms with Crippen LogP contribution in [0.15, 0.2) is 220 Å². The van der Waals surface area contributed by atoms with Gasteiger partial charge in [-0.1, -0.05) is 181 Å². The number of aromatic nitrogens is 3. The molecule has 5 heterocycles. The van der Waals surface area contributed by atoms with Gasteiger partial charge in [-0.15, -0.1) is 34.4 Å². The molecule has 2 N–H and O–H groups in total. The second kappa shape index (κ2) is 24.6. The Morgan fingerprint density at radius 2 is 1.40 bits per heavy atom. The third-order valence-corrected chi connectivity index (χ3v) is 17.6. The zero-order valence-electron chi connectivity index (χ0n) is 42.7. The first kappa shape index (κ1) is 53.4. The van der Waals surface area contributed by atoms with Crippen LogP contribution >= 0.6 is 46.2 Å². The van der Waals surface area contributed by atoms with Crippen LogP contribution < -0.4 is 15.4 Å². The number of anilines is 1. The van der Waals surface area contributed by atoms with Crippen LogP contribution in [-0.2, 0) is 45.6 Å². The average molecular weight is 1140 g/mol. The maximum Gasteiger partial charge on any atom is 0.357 e. The third-order valence-electron chi connectivity index (χ3n) is 13.3. The number of carbonyl (C=O) groups is 4. The van der Waals surface area contributed by atoms with E-state index in [9.17, 15) is 19.2 Å². The number of nitrogens with zero attached hydrogens (tertiary/aromatic N) is 5. The molecule has 9 aromatic rings. The summed E-state index contributed by atoms with van der Waals surface area (Å²) in [6.45, 7) is -0.0466. The monoisotopic (exact) mass is 1140 g/mol. The first-order valence-corrected chi connectivity index (χ1v) is 29.0. The number of hydrogen-bond acceptors (Lipinski definition) is 17. The van der Waals surface area contributed by atoms with Gasteiger partial charge < -0.3 is 29.7 Å². The van der Waals surface area contributed by atoms with E-state index in [2.05, 4.69) is 62.2 Å². The smallest absolute Gasteiger partial charge is 0.357 e. The van der Waals surface area contributed by atoms with Gasteiger partial charge in [0.05, 0.1) is 11.8 Å². The highest BCUT2D eigenvalue weighted by Gasteiger charge is 2.54. The molecule has 1 fully saturated rings.